The number of urea groups is 1. The lowest BCUT2D eigenvalue weighted by molar-refractivity contribution is 0.240. The molecule has 33 heavy (non-hydrogen) atoms. The number of aromatic nitrogens is 1. The smallest absolute Gasteiger partial charge is 0.315 e. The van der Waals surface area contributed by atoms with E-state index >= 15 is 0 Å². The zero-order valence-corrected chi connectivity index (χ0v) is 18.5. The van der Waals surface area contributed by atoms with Crippen molar-refractivity contribution < 1.29 is 18.7 Å². The monoisotopic (exact) mass is 447 g/mol. The zero-order chi connectivity index (χ0) is 23.2. The second-order valence-electron chi connectivity index (χ2n) is 7.65. The molecule has 4 aromatic rings. The van der Waals surface area contributed by atoms with Crippen LogP contribution in [-0.4, -0.2) is 31.8 Å². The number of ether oxygens (including phenoxy) is 2. The van der Waals surface area contributed by atoms with Gasteiger partial charge in [0.15, 0.2) is 11.5 Å². The second kappa shape index (κ2) is 10.1. The number of carbonyl (C=O) groups excluding carboxylic acids is 1. The van der Waals surface area contributed by atoms with E-state index in [2.05, 4.69) is 21.7 Å². The minimum Gasteiger partial charge on any atom is -0.493 e. The average molecular weight is 448 g/mol. The fraction of sp³-hybridized carbons (Fsp3) is 0.192. The predicted molar refractivity (Wildman–Crippen MR) is 126 cm³/mol. The summed E-state index contributed by atoms with van der Waals surface area (Å²) in [5, 5.41) is 6.88. The molecule has 170 valence electrons. The van der Waals surface area contributed by atoms with Crippen molar-refractivity contribution in [3.63, 3.8) is 0 Å². The fourth-order valence-corrected chi connectivity index (χ4v) is 3.90. The topological polar surface area (TPSA) is 75.4 Å². The summed E-state index contributed by atoms with van der Waals surface area (Å²) >= 11 is 0. The van der Waals surface area contributed by atoms with Crippen LogP contribution in [-0.2, 0) is 6.54 Å². The summed E-state index contributed by atoms with van der Waals surface area (Å²) in [4.78, 5) is 15.8. The van der Waals surface area contributed by atoms with E-state index < -0.39 is 0 Å². The van der Waals surface area contributed by atoms with Gasteiger partial charge in [0.1, 0.15) is 5.82 Å². The lowest BCUT2D eigenvalue weighted by Crippen LogP contribution is -2.37. The molecular formula is C26H26FN3O3. The van der Waals surface area contributed by atoms with Gasteiger partial charge in [-0.1, -0.05) is 36.4 Å². The van der Waals surface area contributed by atoms with Gasteiger partial charge < -0.3 is 25.1 Å². The largest absolute Gasteiger partial charge is 0.493 e. The van der Waals surface area contributed by atoms with E-state index in [0.717, 1.165) is 27.6 Å². The first-order valence-corrected chi connectivity index (χ1v) is 10.6. The number of fused-ring (bicyclic) bond motifs is 1. The van der Waals surface area contributed by atoms with E-state index in [4.69, 9.17) is 9.47 Å². The summed E-state index contributed by atoms with van der Waals surface area (Å²) in [6.07, 6.45) is 1.98. The second-order valence-corrected chi connectivity index (χ2v) is 7.65. The highest BCUT2D eigenvalue weighted by atomic mass is 19.1. The molecule has 0 unspecified atom stereocenters. The van der Waals surface area contributed by atoms with E-state index in [1.165, 1.54) is 12.1 Å². The summed E-state index contributed by atoms with van der Waals surface area (Å²) in [5.74, 6) is 0.835. The van der Waals surface area contributed by atoms with Gasteiger partial charge in [0.2, 0.25) is 0 Å². The van der Waals surface area contributed by atoms with Crippen molar-refractivity contribution in [2.45, 2.75) is 12.5 Å². The highest BCUT2D eigenvalue weighted by Crippen LogP contribution is 2.35. The number of hydrogen-bond acceptors (Lipinski definition) is 3. The van der Waals surface area contributed by atoms with Crippen LogP contribution in [0.1, 0.15) is 22.6 Å². The van der Waals surface area contributed by atoms with Gasteiger partial charge in [-0.05, 0) is 47.0 Å². The number of H-pyrrole nitrogens is 1. The Morgan fingerprint density at radius 3 is 2.48 bits per heavy atom. The summed E-state index contributed by atoms with van der Waals surface area (Å²) in [5.41, 5.74) is 3.89. The van der Waals surface area contributed by atoms with Gasteiger partial charge in [-0.2, -0.15) is 0 Å². The van der Waals surface area contributed by atoms with Crippen LogP contribution in [0.4, 0.5) is 9.18 Å². The Bertz CT molecular complexity index is 1240. The van der Waals surface area contributed by atoms with Crippen molar-refractivity contribution in [2.24, 2.45) is 0 Å². The van der Waals surface area contributed by atoms with Gasteiger partial charge in [-0.15, -0.1) is 0 Å². The molecule has 0 bridgehead atoms. The first kappa shape index (κ1) is 22.2. The van der Waals surface area contributed by atoms with Crippen molar-refractivity contribution in [1.29, 1.82) is 0 Å². The van der Waals surface area contributed by atoms with Gasteiger partial charge >= 0.3 is 6.03 Å². The number of methoxy groups -OCH3 is 2. The number of para-hydroxylation sites is 1. The highest BCUT2D eigenvalue weighted by molar-refractivity contribution is 5.84. The lowest BCUT2D eigenvalue weighted by atomic mass is 9.90. The van der Waals surface area contributed by atoms with Crippen LogP contribution in [0, 0.1) is 5.82 Å². The normalized spacial score (nSPS) is 11.7. The molecule has 1 aromatic heterocycles. The van der Waals surface area contributed by atoms with Crippen LogP contribution in [0.5, 0.6) is 11.5 Å². The maximum Gasteiger partial charge on any atom is 0.315 e. The fourth-order valence-electron chi connectivity index (χ4n) is 3.90. The zero-order valence-electron chi connectivity index (χ0n) is 18.5. The maximum atomic E-state index is 13.1. The van der Waals surface area contributed by atoms with E-state index in [0.29, 0.717) is 24.6 Å². The molecule has 1 atom stereocenters. The van der Waals surface area contributed by atoms with E-state index in [9.17, 15) is 9.18 Å². The molecule has 0 saturated carbocycles. The van der Waals surface area contributed by atoms with Gasteiger partial charge in [-0.25, -0.2) is 9.18 Å². The lowest BCUT2D eigenvalue weighted by Gasteiger charge is -2.20. The Morgan fingerprint density at radius 2 is 1.73 bits per heavy atom. The van der Waals surface area contributed by atoms with Crippen molar-refractivity contribution >= 4 is 16.9 Å². The first-order chi connectivity index (χ1) is 16.1. The first-order valence-electron chi connectivity index (χ1n) is 10.6. The molecule has 3 aromatic carbocycles. The number of benzene rings is 3. The molecule has 0 radical (unpaired) electrons. The van der Waals surface area contributed by atoms with E-state index in [-0.39, 0.29) is 17.8 Å². The number of hydrogen-bond donors (Lipinski definition) is 3. The standard InChI is InChI=1S/C26H26FN3O3/c1-32-24-12-9-18(13-25(24)33-2)21(22-16-28-23-6-4-3-5-20(22)23)15-30-26(31)29-14-17-7-10-19(27)11-8-17/h3-13,16,21,28H,14-15H2,1-2H3,(H2,29,30,31)/t21-/m1/s1. The van der Waals surface area contributed by atoms with Crippen LogP contribution >= 0.6 is 0 Å². The number of halogens is 1. The van der Waals surface area contributed by atoms with Crippen molar-refractivity contribution in [1.82, 2.24) is 15.6 Å². The van der Waals surface area contributed by atoms with Gasteiger partial charge in [0.05, 0.1) is 14.2 Å². The Hall–Kier alpha value is -4.00. The Kier molecular flexibility index (Phi) is 6.78. The van der Waals surface area contributed by atoms with Crippen LogP contribution in [0.15, 0.2) is 72.9 Å². The molecule has 0 aliphatic heterocycles. The third kappa shape index (κ3) is 5.09. The van der Waals surface area contributed by atoms with Crippen LogP contribution in [0.25, 0.3) is 10.9 Å². The quantitative estimate of drug-likeness (QED) is 0.358. The number of rotatable bonds is 8. The summed E-state index contributed by atoms with van der Waals surface area (Å²) in [6.45, 7) is 0.673. The molecule has 1 heterocycles. The molecule has 0 aliphatic carbocycles. The molecular weight excluding hydrogens is 421 g/mol. The molecule has 4 rings (SSSR count). The Morgan fingerprint density at radius 1 is 0.970 bits per heavy atom. The Labute approximate surface area is 191 Å². The molecule has 0 spiro atoms. The van der Waals surface area contributed by atoms with Crippen LogP contribution < -0.4 is 20.1 Å². The molecule has 3 N–H and O–H groups in total. The number of nitrogens with one attached hydrogen (secondary N) is 3. The SMILES string of the molecule is COc1ccc([C@@H](CNC(=O)NCc2ccc(F)cc2)c2c[nH]c3ccccc23)cc1OC. The molecule has 0 fully saturated rings. The highest BCUT2D eigenvalue weighted by Gasteiger charge is 2.21. The number of amides is 2. The van der Waals surface area contributed by atoms with Crippen molar-refractivity contribution in [3.05, 3.63) is 95.4 Å². The molecule has 6 nitrogen and oxygen atoms in total. The van der Waals surface area contributed by atoms with E-state index in [1.54, 1.807) is 26.4 Å². The van der Waals surface area contributed by atoms with Crippen molar-refractivity contribution in [3.8, 4) is 11.5 Å². The van der Waals surface area contributed by atoms with E-state index in [1.807, 2.05) is 42.6 Å². The summed E-state index contributed by atoms with van der Waals surface area (Å²) in [6, 6.07) is 19.6. The predicted octanol–water partition coefficient (Wildman–Crippen LogP) is 4.96. The van der Waals surface area contributed by atoms with Gasteiger partial charge in [0, 0.05) is 36.1 Å². The molecule has 0 saturated heterocycles. The molecule has 2 amide bonds. The average Bonchev–Trinajstić information content (AvgIpc) is 3.27. The van der Waals surface area contributed by atoms with Crippen LogP contribution in [0.3, 0.4) is 0 Å². The minimum absolute atomic E-state index is 0.127. The Balaban J connectivity index is 1.55. The third-order valence-electron chi connectivity index (χ3n) is 5.64. The minimum atomic E-state index is -0.306. The van der Waals surface area contributed by atoms with Crippen LogP contribution in [0.2, 0.25) is 0 Å². The number of carbonyl (C=O) groups is 1. The van der Waals surface area contributed by atoms with Gasteiger partial charge in [0.25, 0.3) is 0 Å². The molecule has 7 heteroatoms. The maximum absolute atomic E-state index is 13.1. The third-order valence-corrected chi connectivity index (χ3v) is 5.64. The number of aromatic amines is 1. The van der Waals surface area contributed by atoms with Crippen molar-refractivity contribution in [2.75, 3.05) is 20.8 Å². The summed E-state index contributed by atoms with van der Waals surface area (Å²) < 4.78 is 24.0. The summed E-state index contributed by atoms with van der Waals surface area (Å²) in [7, 11) is 3.20. The molecule has 0 aliphatic rings. The van der Waals surface area contributed by atoms with Gasteiger partial charge in [-0.3, -0.25) is 0 Å².